The van der Waals surface area contributed by atoms with E-state index in [0.717, 1.165) is 34.8 Å². The summed E-state index contributed by atoms with van der Waals surface area (Å²) in [5.41, 5.74) is 1.55. The highest BCUT2D eigenvalue weighted by atomic mass is 35.5. The average Bonchev–Trinajstić information content (AvgIpc) is 3.10. The number of unbranched alkanes of at least 4 members (excludes halogenated alkanes) is 1. The minimum Gasteiger partial charge on any atom is -0.493 e. The second-order valence-corrected chi connectivity index (χ2v) is 13.3. The van der Waals surface area contributed by atoms with Crippen LogP contribution in [0.2, 0.25) is 5.02 Å². The maximum Gasteiger partial charge on any atom is 0.264 e. The van der Waals surface area contributed by atoms with Crippen molar-refractivity contribution in [3.05, 3.63) is 119 Å². The molecule has 0 aromatic heterocycles. The molecule has 0 unspecified atom stereocenters. The Hall–Kier alpha value is -4.61. The van der Waals surface area contributed by atoms with Crippen molar-refractivity contribution in [1.82, 2.24) is 10.2 Å². The summed E-state index contributed by atoms with van der Waals surface area (Å²) in [6.45, 7) is 1.72. The molecule has 0 saturated carbocycles. The summed E-state index contributed by atoms with van der Waals surface area (Å²) in [5.74, 6) is -1.12. The zero-order valence-electron chi connectivity index (χ0n) is 27.1. The van der Waals surface area contributed by atoms with Crippen molar-refractivity contribution in [3.63, 3.8) is 0 Å². The van der Waals surface area contributed by atoms with Gasteiger partial charge in [0.25, 0.3) is 10.0 Å². The number of ether oxygens (including phenoxy) is 2. The third-order valence-electron chi connectivity index (χ3n) is 7.70. The quantitative estimate of drug-likeness (QED) is 0.139. The fraction of sp³-hybridized carbons (Fsp3) is 0.278. The Balaban J connectivity index is 1.80. The predicted molar refractivity (Wildman–Crippen MR) is 184 cm³/mol. The summed E-state index contributed by atoms with van der Waals surface area (Å²) in [6.07, 6.45) is 1.78. The number of anilines is 1. The number of rotatable bonds is 16. The number of hydrogen-bond donors (Lipinski definition) is 1. The van der Waals surface area contributed by atoms with Crippen LogP contribution in [0.5, 0.6) is 11.5 Å². The molecule has 0 spiro atoms. The van der Waals surface area contributed by atoms with Gasteiger partial charge >= 0.3 is 0 Å². The Morgan fingerprint density at radius 2 is 1.54 bits per heavy atom. The smallest absolute Gasteiger partial charge is 0.264 e. The SMILES string of the molecule is CCCCNC(=O)[C@@H](Cc1ccccc1)N(Cc1ccc(Cl)cc1)C(=O)CN(c1ccc(F)cc1)S(=O)(=O)c1ccc(OC)c(OC)c1. The van der Waals surface area contributed by atoms with Crippen molar-refractivity contribution in [2.75, 3.05) is 31.6 Å². The molecule has 254 valence electrons. The maximum absolute atomic E-state index is 14.5. The van der Waals surface area contributed by atoms with Gasteiger partial charge in [-0.1, -0.05) is 67.4 Å². The Bertz CT molecular complexity index is 1770. The highest BCUT2D eigenvalue weighted by Crippen LogP contribution is 2.32. The third kappa shape index (κ3) is 9.26. The zero-order chi connectivity index (χ0) is 34.7. The van der Waals surface area contributed by atoms with E-state index in [9.17, 15) is 22.4 Å². The molecule has 4 aromatic rings. The van der Waals surface area contributed by atoms with Gasteiger partial charge in [-0.3, -0.25) is 13.9 Å². The van der Waals surface area contributed by atoms with Gasteiger partial charge in [0, 0.05) is 30.6 Å². The summed E-state index contributed by atoms with van der Waals surface area (Å²) < 4.78 is 54.1. The Kier molecular flexibility index (Phi) is 12.8. The van der Waals surface area contributed by atoms with Crippen molar-refractivity contribution in [1.29, 1.82) is 0 Å². The maximum atomic E-state index is 14.5. The van der Waals surface area contributed by atoms with Crippen LogP contribution in [0, 0.1) is 5.82 Å². The predicted octanol–water partition coefficient (Wildman–Crippen LogP) is 6.25. The molecule has 12 heteroatoms. The lowest BCUT2D eigenvalue weighted by atomic mass is 10.0. The first-order valence-corrected chi connectivity index (χ1v) is 17.2. The van der Waals surface area contributed by atoms with Crippen molar-refractivity contribution >= 4 is 39.1 Å². The molecular weight excluding hydrogens is 657 g/mol. The molecule has 9 nitrogen and oxygen atoms in total. The number of halogens is 2. The van der Waals surface area contributed by atoms with Gasteiger partial charge < -0.3 is 19.7 Å². The van der Waals surface area contributed by atoms with Gasteiger partial charge in [0.1, 0.15) is 18.4 Å². The van der Waals surface area contributed by atoms with Gasteiger partial charge in [-0.05, 0) is 66.1 Å². The van der Waals surface area contributed by atoms with Crippen LogP contribution in [0.25, 0.3) is 0 Å². The summed E-state index contributed by atoms with van der Waals surface area (Å²) in [7, 11) is -1.64. The molecule has 0 aliphatic carbocycles. The number of benzene rings is 4. The minimum absolute atomic E-state index is 0.0115. The van der Waals surface area contributed by atoms with E-state index < -0.39 is 34.3 Å². The van der Waals surface area contributed by atoms with Gasteiger partial charge in [0.05, 0.1) is 24.8 Å². The molecule has 2 amide bonds. The van der Waals surface area contributed by atoms with E-state index in [1.165, 1.54) is 49.5 Å². The third-order valence-corrected chi connectivity index (χ3v) is 9.73. The second-order valence-electron chi connectivity index (χ2n) is 11.0. The second kappa shape index (κ2) is 17.0. The molecule has 0 bridgehead atoms. The molecule has 4 aromatic carbocycles. The molecule has 4 rings (SSSR count). The fourth-order valence-corrected chi connectivity index (χ4v) is 6.64. The number of hydrogen-bond acceptors (Lipinski definition) is 6. The summed E-state index contributed by atoms with van der Waals surface area (Å²) in [6, 6.07) is 24.0. The Morgan fingerprint density at radius 3 is 2.17 bits per heavy atom. The first-order valence-electron chi connectivity index (χ1n) is 15.4. The molecule has 1 atom stereocenters. The van der Waals surface area contributed by atoms with Gasteiger partial charge in [0.2, 0.25) is 11.8 Å². The number of sulfonamides is 1. The zero-order valence-corrected chi connectivity index (χ0v) is 28.6. The van der Waals surface area contributed by atoms with E-state index in [2.05, 4.69) is 5.32 Å². The molecule has 48 heavy (non-hydrogen) atoms. The first kappa shape index (κ1) is 36.2. The van der Waals surface area contributed by atoms with Crippen LogP contribution in [-0.4, -0.2) is 58.5 Å². The molecular formula is C36H39ClFN3O6S. The van der Waals surface area contributed by atoms with Crippen LogP contribution in [0.15, 0.2) is 102 Å². The Labute approximate surface area is 286 Å². The van der Waals surface area contributed by atoms with Crippen molar-refractivity contribution in [2.45, 2.75) is 43.7 Å². The number of amides is 2. The first-order chi connectivity index (χ1) is 23.1. The van der Waals surface area contributed by atoms with E-state index in [4.69, 9.17) is 21.1 Å². The topological polar surface area (TPSA) is 105 Å². The van der Waals surface area contributed by atoms with Crippen LogP contribution in [0.1, 0.15) is 30.9 Å². The van der Waals surface area contributed by atoms with Crippen molar-refractivity contribution in [2.24, 2.45) is 0 Å². The fourth-order valence-electron chi connectivity index (χ4n) is 5.09. The van der Waals surface area contributed by atoms with E-state index in [1.807, 2.05) is 37.3 Å². The van der Waals surface area contributed by atoms with Crippen molar-refractivity contribution in [3.8, 4) is 11.5 Å². The molecule has 0 saturated heterocycles. The van der Waals surface area contributed by atoms with Gasteiger partial charge in [-0.15, -0.1) is 0 Å². The normalized spacial score (nSPS) is 11.8. The number of nitrogens with zero attached hydrogens (tertiary/aromatic N) is 2. The standard InChI is InChI=1S/C36H39ClFN3O6S/c1-4-5-21-39-36(43)32(22-26-9-7-6-8-10-26)40(24-27-11-13-28(37)14-12-27)35(42)25-41(30-17-15-29(38)16-18-30)48(44,45)31-19-20-33(46-2)34(23-31)47-3/h6-20,23,32H,4-5,21-22,24-25H2,1-3H3,(H,39,43)/t32-/m1/s1. The van der Waals surface area contributed by atoms with Gasteiger partial charge in [-0.25, -0.2) is 12.8 Å². The summed E-state index contributed by atoms with van der Waals surface area (Å²) in [5, 5.41) is 3.45. The molecule has 0 aliphatic rings. The van der Waals surface area contributed by atoms with E-state index in [0.29, 0.717) is 22.9 Å². The molecule has 0 heterocycles. The number of nitrogens with one attached hydrogen (secondary N) is 1. The highest BCUT2D eigenvalue weighted by molar-refractivity contribution is 7.92. The van der Waals surface area contributed by atoms with Crippen LogP contribution < -0.4 is 19.1 Å². The van der Waals surface area contributed by atoms with E-state index in [1.54, 1.807) is 24.3 Å². The van der Waals surface area contributed by atoms with Crippen LogP contribution in [0.3, 0.4) is 0 Å². The van der Waals surface area contributed by atoms with Crippen LogP contribution >= 0.6 is 11.6 Å². The average molecular weight is 696 g/mol. The molecule has 0 radical (unpaired) electrons. The monoisotopic (exact) mass is 695 g/mol. The Morgan fingerprint density at radius 1 is 0.875 bits per heavy atom. The number of carbonyl (C=O) groups excluding carboxylic acids is 2. The van der Waals surface area contributed by atoms with Crippen molar-refractivity contribution < 1.29 is 31.9 Å². The minimum atomic E-state index is -4.44. The van der Waals surface area contributed by atoms with Crippen LogP contribution in [-0.2, 0) is 32.6 Å². The number of methoxy groups -OCH3 is 2. The van der Waals surface area contributed by atoms with E-state index in [-0.39, 0.29) is 35.2 Å². The highest BCUT2D eigenvalue weighted by Gasteiger charge is 2.35. The summed E-state index contributed by atoms with van der Waals surface area (Å²) >= 11 is 6.14. The van der Waals surface area contributed by atoms with Gasteiger partial charge in [0.15, 0.2) is 11.5 Å². The lowest BCUT2D eigenvalue weighted by molar-refractivity contribution is -0.140. The lowest BCUT2D eigenvalue weighted by Gasteiger charge is -2.34. The molecule has 0 fully saturated rings. The summed E-state index contributed by atoms with van der Waals surface area (Å²) in [4.78, 5) is 29.6. The van der Waals surface area contributed by atoms with Crippen LogP contribution in [0.4, 0.5) is 10.1 Å². The van der Waals surface area contributed by atoms with Gasteiger partial charge in [-0.2, -0.15) is 0 Å². The number of carbonyl (C=O) groups is 2. The largest absolute Gasteiger partial charge is 0.493 e. The molecule has 0 aliphatic heterocycles. The molecule has 1 N–H and O–H groups in total. The van der Waals surface area contributed by atoms with E-state index >= 15 is 0 Å². The lowest BCUT2D eigenvalue weighted by Crippen LogP contribution is -2.53.